The van der Waals surface area contributed by atoms with E-state index in [1.807, 2.05) is 24.1 Å². The van der Waals surface area contributed by atoms with Gasteiger partial charge in [0.25, 0.3) is 5.92 Å². The highest BCUT2D eigenvalue weighted by Gasteiger charge is 2.38. The minimum atomic E-state index is -2.73. The van der Waals surface area contributed by atoms with Crippen molar-refractivity contribution in [1.29, 1.82) is 0 Å². The van der Waals surface area contributed by atoms with E-state index >= 15 is 0 Å². The zero-order valence-electron chi connectivity index (χ0n) is 9.50. The number of benzene rings is 1. The molecule has 0 radical (unpaired) electrons. The normalized spacial score (nSPS) is 21.8. The Kier molecular flexibility index (Phi) is 2.70. The number of allylic oxidation sites excluding steroid dienone is 2. The van der Waals surface area contributed by atoms with Gasteiger partial charge in [-0.15, -0.1) is 0 Å². The highest BCUT2D eigenvalue weighted by atomic mass is 19.3. The van der Waals surface area contributed by atoms with Gasteiger partial charge >= 0.3 is 0 Å². The van der Waals surface area contributed by atoms with Crippen LogP contribution >= 0.6 is 0 Å². The third kappa shape index (κ3) is 1.70. The third-order valence-corrected chi connectivity index (χ3v) is 3.05. The van der Waals surface area contributed by atoms with Crippen molar-refractivity contribution < 1.29 is 8.78 Å². The van der Waals surface area contributed by atoms with Crippen molar-refractivity contribution in [2.24, 2.45) is 0 Å². The summed E-state index contributed by atoms with van der Waals surface area (Å²) in [6.45, 7) is 2.05. The van der Waals surface area contributed by atoms with Gasteiger partial charge in [0.1, 0.15) is 0 Å². The van der Waals surface area contributed by atoms with Crippen LogP contribution in [0.5, 0.6) is 0 Å². The Labute approximate surface area is 94.4 Å². The van der Waals surface area contributed by atoms with E-state index in [1.54, 1.807) is 19.1 Å². The van der Waals surface area contributed by atoms with E-state index in [9.17, 15) is 8.78 Å². The first kappa shape index (κ1) is 11.1. The molecule has 0 unspecified atom stereocenters. The lowest BCUT2D eigenvalue weighted by atomic mass is 9.97. The second-order valence-corrected chi connectivity index (χ2v) is 4.10. The van der Waals surface area contributed by atoms with Crippen molar-refractivity contribution in [1.82, 2.24) is 0 Å². The summed E-state index contributed by atoms with van der Waals surface area (Å²) in [7, 11) is 1.85. The molecular weight excluding hydrogens is 208 g/mol. The van der Waals surface area contributed by atoms with Gasteiger partial charge in [-0.3, -0.25) is 0 Å². The van der Waals surface area contributed by atoms with E-state index in [0.29, 0.717) is 12.1 Å². The molecule has 1 aromatic carbocycles. The largest absolute Gasteiger partial charge is 0.374 e. The third-order valence-electron chi connectivity index (χ3n) is 3.05. The molecule has 0 atom stereocenters. The van der Waals surface area contributed by atoms with Gasteiger partial charge in [0.05, 0.1) is 0 Å². The number of alkyl halides is 2. The van der Waals surface area contributed by atoms with Crippen LogP contribution in [0, 0.1) is 0 Å². The fourth-order valence-corrected chi connectivity index (χ4v) is 2.16. The Balaban J connectivity index is 2.62. The molecule has 2 rings (SSSR count). The standard InChI is InChI=1S/C13H15F2N/c1-3-11-10-6-4-5-7-12(10)16(2)9-8-13(11,14)15/h3-7H,8-9H2,1-2H3/b11-3-. The average molecular weight is 223 g/mol. The lowest BCUT2D eigenvalue weighted by Gasteiger charge is -2.18. The van der Waals surface area contributed by atoms with E-state index in [4.69, 9.17) is 0 Å². The van der Waals surface area contributed by atoms with Crippen molar-refractivity contribution in [3.05, 3.63) is 35.9 Å². The van der Waals surface area contributed by atoms with E-state index < -0.39 is 5.92 Å². The van der Waals surface area contributed by atoms with Crippen molar-refractivity contribution in [2.45, 2.75) is 19.3 Å². The fraction of sp³-hybridized carbons (Fsp3) is 0.385. The summed E-state index contributed by atoms with van der Waals surface area (Å²) < 4.78 is 27.8. The molecule has 3 heteroatoms. The monoisotopic (exact) mass is 223 g/mol. The molecule has 0 amide bonds. The van der Waals surface area contributed by atoms with Crippen LogP contribution < -0.4 is 4.90 Å². The maximum absolute atomic E-state index is 13.9. The Morgan fingerprint density at radius 2 is 2.00 bits per heavy atom. The number of anilines is 1. The molecule has 0 aromatic heterocycles. The second-order valence-electron chi connectivity index (χ2n) is 4.10. The van der Waals surface area contributed by atoms with Crippen LogP contribution in [0.15, 0.2) is 30.3 Å². The number of hydrogen-bond donors (Lipinski definition) is 0. The maximum Gasteiger partial charge on any atom is 0.275 e. The highest BCUT2D eigenvalue weighted by Crippen LogP contribution is 2.42. The molecule has 1 nitrogen and oxygen atoms in total. The van der Waals surface area contributed by atoms with Gasteiger partial charge < -0.3 is 4.90 Å². The van der Waals surface area contributed by atoms with Crippen LogP contribution in [0.25, 0.3) is 5.57 Å². The van der Waals surface area contributed by atoms with Crippen LogP contribution in [0.2, 0.25) is 0 Å². The fourth-order valence-electron chi connectivity index (χ4n) is 2.16. The van der Waals surface area contributed by atoms with Crippen LogP contribution in [-0.4, -0.2) is 19.5 Å². The molecule has 1 aliphatic heterocycles. The molecule has 1 aromatic rings. The summed E-state index contributed by atoms with van der Waals surface area (Å²) in [6, 6.07) is 7.34. The van der Waals surface area contributed by atoms with Crippen molar-refractivity contribution >= 4 is 11.3 Å². The minimum Gasteiger partial charge on any atom is -0.374 e. The summed E-state index contributed by atoms with van der Waals surface area (Å²) in [4.78, 5) is 1.89. The lowest BCUT2D eigenvalue weighted by molar-refractivity contribution is 0.0608. The van der Waals surface area contributed by atoms with Gasteiger partial charge in [-0.25, -0.2) is 8.78 Å². The molecule has 0 saturated heterocycles. The van der Waals surface area contributed by atoms with Crippen LogP contribution in [0.4, 0.5) is 14.5 Å². The molecular formula is C13H15F2N. The molecule has 0 fully saturated rings. The first-order valence-corrected chi connectivity index (χ1v) is 5.41. The molecule has 1 heterocycles. The molecule has 16 heavy (non-hydrogen) atoms. The number of halogens is 2. The van der Waals surface area contributed by atoms with Crippen molar-refractivity contribution in [2.75, 3.05) is 18.5 Å². The summed E-state index contributed by atoms with van der Waals surface area (Å²) in [5.74, 6) is -2.73. The molecule has 86 valence electrons. The molecule has 0 N–H and O–H groups in total. The SMILES string of the molecule is C/C=C1/c2ccccc2N(C)CCC1(F)F. The molecule has 0 saturated carbocycles. The first-order valence-electron chi connectivity index (χ1n) is 5.41. The lowest BCUT2D eigenvalue weighted by Crippen LogP contribution is -2.23. The summed E-state index contributed by atoms with van der Waals surface area (Å²) in [6.07, 6.45) is 1.40. The van der Waals surface area contributed by atoms with Gasteiger partial charge in [0.2, 0.25) is 0 Å². The van der Waals surface area contributed by atoms with Gasteiger partial charge in [0, 0.05) is 36.8 Å². The van der Waals surface area contributed by atoms with Crippen LogP contribution in [0.3, 0.4) is 0 Å². The number of nitrogens with zero attached hydrogens (tertiary/aromatic N) is 1. The Morgan fingerprint density at radius 1 is 1.31 bits per heavy atom. The topological polar surface area (TPSA) is 3.24 Å². The Bertz CT molecular complexity index is 424. The van der Waals surface area contributed by atoms with E-state index in [0.717, 1.165) is 5.69 Å². The number of fused-ring (bicyclic) bond motifs is 1. The molecule has 1 aliphatic rings. The smallest absolute Gasteiger partial charge is 0.275 e. The van der Waals surface area contributed by atoms with Crippen molar-refractivity contribution in [3.63, 3.8) is 0 Å². The van der Waals surface area contributed by atoms with E-state index in [-0.39, 0.29) is 12.0 Å². The average Bonchev–Trinajstić information content (AvgIpc) is 2.36. The maximum atomic E-state index is 13.9. The van der Waals surface area contributed by atoms with Crippen LogP contribution in [0.1, 0.15) is 18.9 Å². The van der Waals surface area contributed by atoms with Gasteiger partial charge in [-0.2, -0.15) is 0 Å². The van der Waals surface area contributed by atoms with E-state index in [2.05, 4.69) is 0 Å². The summed E-state index contributed by atoms with van der Waals surface area (Å²) in [5.41, 5.74) is 1.68. The predicted molar refractivity (Wildman–Crippen MR) is 62.9 cm³/mol. The second kappa shape index (κ2) is 3.89. The first-order chi connectivity index (χ1) is 7.56. The minimum absolute atomic E-state index is 0.127. The summed E-state index contributed by atoms with van der Waals surface area (Å²) >= 11 is 0. The predicted octanol–water partition coefficient (Wildman–Crippen LogP) is 3.57. The number of hydrogen-bond acceptors (Lipinski definition) is 1. The highest BCUT2D eigenvalue weighted by molar-refractivity contribution is 5.81. The zero-order chi connectivity index (χ0) is 11.8. The number of rotatable bonds is 0. The Morgan fingerprint density at radius 3 is 2.69 bits per heavy atom. The molecule has 0 spiro atoms. The quantitative estimate of drug-likeness (QED) is 0.650. The Hall–Kier alpha value is -1.38. The zero-order valence-corrected chi connectivity index (χ0v) is 9.50. The molecule has 0 aliphatic carbocycles. The summed E-state index contributed by atoms with van der Waals surface area (Å²) in [5, 5.41) is 0. The van der Waals surface area contributed by atoms with Crippen molar-refractivity contribution in [3.8, 4) is 0 Å². The number of para-hydroxylation sites is 1. The van der Waals surface area contributed by atoms with E-state index in [1.165, 1.54) is 6.08 Å². The molecule has 0 bridgehead atoms. The van der Waals surface area contributed by atoms with Gasteiger partial charge in [-0.1, -0.05) is 24.3 Å². The van der Waals surface area contributed by atoms with Gasteiger partial charge in [-0.05, 0) is 13.0 Å². The van der Waals surface area contributed by atoms with Crippen LogP contribution in [-0.2, 0) is 0 Å². The van der Waals surface area contributed by atoms with Gasteiger partial charge in [0.15, 0.2) is 0 Å².